The maximum atomic E-state index is 11.0. The van der Waals surface area contributed by atoms with Gasteiger partial charge in [-0.1, -0.05) is 6.92 Å². The van der Waals surface area contributed by atoms with Crippen LogP contribution in [0.5, 0.6) is 0 Å². The summed E-state index contributed by atoms with van der Waals surface area (Å²) < 4.78 is 26.9. The molecule has 0 radical (unpaired) electrons. The van der Waals surface area contributed by atoms with Crippen LogP contribution in [0.1, 0.15) is 25.1 Å². The SMILES string of the molecule is CC[C@H](N)c1cnc(S(C)(=O)=O)o1.Cl. The first-order valence-corrected chi connectivity index (χ1v) is 5.75. The molecule has 0 saturated heterocycles. The Labute approximate surface area is 89.0 Å². The van der Waals surface area contributed by atoms with Crippen molar-refractivity contribution in [2.24, 2.45) is 5.73 Å². The van der Waals surface area contributed by atoms with Crippen molar-refractivity contribution in [3.63, 3.8) is 0 Å². The molecule has 0 aromatic carbocycles. The molecule has 0 saturated carbocycles. The highest BCUT2D eigenvalue weighted by molar-refractivity contribution is 7.90. The predicted octanol–water partition coefficient (Wildman–Crippen LogP) is 0.910. The van der Waals surface area contributed by atoms with Gasteiger partial charge < -0.3 is 10.2 Å². The van der Waals surface area contributed by atoms with Gasteiger partial charge in [-0.25, -0.2) is 13.4 Å². The van der Waals surface area contributed by atoms with Gasteiger partial charge >= 0.3 is 5.22 Å². The van der Waals surface area contributed by atoms with Gasteiger partial charge in [-0.3, -0.25) is 0 Å². The van der Waals surface area contributed by atoms with Gasteiger partial charge in [0.25, 0.3) is 0 Å². The zero-order valence-electron chi connectivity index (χ0n) is 7.93. The van der Waals surface area contributed by atoms with Crippen LogP contribution in [0.15, 0.2) is 15.8 Å². The van der Waals surface area contributed by atoms with Crippen LogP contribution in [0.4, 0.5) is 0 Å². The summed E-state index contributed by atoms with van der Waals surface area (Å²) >= 11 is 0. The third-order valence-corrected chi connectivity index (χ3v) is 2.45. The molecule has 0 fully saturated rings. The summed E-state index contributed by atoms with van der Waals surface area (Å²) in [6.45, 7) is 1.88. The van der Waals surface area contributed by atoms with Gasteiger partial charge in [-0.15, -0.1) is 12.4 Å². The molecule has 1 aromatic rings. The van der Waals surface area contributed by atoms with E-state index in [-0.39, 0.29) is 23.7 Å². The van der Waals surface area contributed by atoms with Gasteiger partial charge in [-0.05, 0) is 6.42 Å². The molecule has 1 aromatic heterocycles. The van der Waals surface area contributed by atoms with Crippen LogP contribution in [-0.2, 0) is 9.84 Å². The molecule has 1 heterocycles. The van der Waals surface area contributed by atoms with Crippen molar-refractivity contribution < 1.29 is 12.8 Å². The normalized spacial score (nSPS) is 13.4. The Morgan fingerprint density at radius 1 is 1.64 bits per heavy atom. The second-order valence-electron chi connectivity index (χ2n) is 2.82. The smallest absolute Gasteiger partial charge is 0.314 e. The maximum absolute atomic E-state index is 11.0. The number of sulfone groups is 1. The van der Waals surface area contributed by atoms with Gasteiger partial charge in [0.15, 0.2) is 0 Å². The van der Waals surface area contributed by atoms with Gasteiger partial charge in [0.1, 0.15) is 5.76 Å². The van der Waals surface area contributed by atoms with E-state index >= 15 is 0 Å². The Bertz CT molecular complexity index is 387. The average molecular weight is 241 g/mol. The fourth-order valence-corrected chi connectivity index (χ4v) is 1.31. The largest absolute Gasteiger partial charge is 0.431 e. The van der Waals surface area contributed by atoms with Crippen molar-refractivity contribution in [1.29, 1.82) is 0 Å². The lowest BCUT2D eigenvalue weighted by molar-refractivity contribution is 0.376. The molecular formula is C7H13ClN2O3S. The second kappa shape index (κ2) is 4.77. The topological polar surface area (TPSA) is 86.2 Å². The molecular weight excluding hydrogens is 228 g/mol. The Morgan fingerprint density at radius 2 is 2.21 bits per heavy atom. The number of rotatable bonds is 3. The molecule has 0 aliphatic heterocycles. The highest BCUT2D eigenvalue weighted by Gasteiger charge is 2.17. The molecule has 14 heavy (non-hydrogen) atoms. The summed E-state index contributed by atoms with van der Waals surface area (Å²) in [5.74, 6) is 0.405. The van der Waals surface area contributed by atoms with Crippen LogP contribution in [-0.4, -0.2) is 19.7 Å². The Kier molecular flexibility index (Phi) is 4.57. The molecule has 0 spiro atoms. The fraction of sp³-hybridized carbons (Fsp3) is 0.571. The molecule has 7 heteroatoms. The lowest BCUT2D eigenvalue weighted by Crippen LogP contribution is -2.07. The molecule has 0 aliphatic rings. The number of oxazole rings is 1. The van der Waals surface area contributed by atoms with E-state index in [2.05, 4.69) is 4.98 Å². The number of aromatic nitrogens is 1. The monoisotopic (exact) mass is 240 g/mol. The molecule has 0 bridgehead atoms. The summed E-state index contributed by atoms with van der Waals surface area (Å²) in [5, 5.41) is -0.272. The molecule has 0 unspecified atom stereocenters. The predicted molar refractivity (Wildman–Crippen MR) is 54.1 cm³/mol. The van der Waals surface area contributed by atoms with Crippen molar-refractivity contribution in [2.45, 2.75) is 24.6 Å². The zero-order valence-corrected chi connectivity index (χ0v) is 9.56. The molecule has 1 rings (SSSR count). The lowest BCUT2D eigenvalue weighted by atomic mass is 10.2. The van der Waals surface area contributed by atoms with E-state index < -0.39 is 9.84 Å². The van der Waals surface area contributed by atoms with Crippen molar-refractivity contribution >= 4 is 22.2 Å². The van der Waals surface area contributed by atoms with Crippen molar-refractivity contribution in [3.05, 3.63) is 12.0 Å². The molecule has 2 N–H and O–H groups in total. The van der Waals surface area contributed by atoms with E-state index in [4.69, 9.17) is 10.2 Å². The number of halogens is 1. The summed E-state index contributed by atoms with van der Waals surface area (Å²) in [7, 11) is -3.36. The van der Waals surface area contributed by atoms with E-state index in [1.807, 2.05) is 6.92 Å². The zero-order chi connectivity index (χ0) is 10.1. The number of nitrogens with two attached hydrogens (primary N) is 1. The third-order valence-electron chi connectivity index (χ3n) is 1.62. The Morgan fingerprint density at radius 3 is 2.57 bits per heavy atom. The third kappa shape index (κ3) is 2.97. The van der Waals surface area contributed by atoms with Crippen LogP contribution in [0, 0.1) is 0 Å². The first kappa shape index (κ1) is 13.4. The molecule has 0 amide bonds. The van der Waals surface area contributed by atoms with Crippen LogP contribution in [0.2, 0.25) is 0 Å². The van der Waals surface area contributed by atoms with Crippen molar-refractivity contribution in [1.82, 2.24) is 4.98 Å². The van der Waals surface area contributed by atoms with Gasteiger partial charge in [0.05, 0.1) is 12.2 Å². The van der Waals surface area contributed by atoms with E-state index in [0.29, 0.717) is 12.2 Å². The fourth-order valence-electron chi connectivity index (χ4n) is 0.814. The Balaban J connectivity index is 0.00000169. The molecule has 1 atom stereocenters. The van der Waals surface area contributed by atoms with Gasteiger partial charge in [-0.2, -0.15) is 0 Å². The number of hydrogen-bond acceptors (Lipinski definition) is 5. The summed E-state index contributed by atoms with van der Waals surface area (Å²) in [6, 6.07) is -0.289. The minimum absolute atomic E-state index is 0. The highest BCUT2D eigenvalue weighted by Crippen LogP contribution is 2.17. The first-order chi connectivity index (χ1) is 5.95. The first-order valence-electron chi connectivity index (χ1n) is 3.86. The van der Waals surface area contributed by atoms with E-state index in [9.17, 15) is 8.42 Å². The Hall–Kier alpha value is -0.590. The minimum atomic E-state index is -3.36. The van der Waals surface area contributed by atoms with Gasteiger partial charge in [0.2, 0.25) is 9.84 Å². The standard InChI is InChI=1S/C7H12N2O3S.ClH/c1-3-5(8)6-4-9-7(12-6)13(2,10)11;/h4-5H,3,8H2,1-2H3;1H/t5-;/m0./s1. The minimum Gasteiger partial charge on any atom is -0.431 e. The molecule has 0 aliphatic carbocycles. The van der Waals surface area contributed by atoms with Crippen molar-refractivity contribution in [2.75, 3.05) is 6.26 Å². The van der Waals surface area contributed by atoms with Gasteiger partial charge in [0, 0.05) is 6.26 Å². The molecule has 5 nitrogen and oxygen atoms in total. The van der Waals surface area contributed by atoms with E-state index in [1.165, 1.54) is 6.20 Å². The quantitative estimate of drug-likeness (QED) is 0.849. The van der Waals surface area contributed by atoms with Crippen LogP contribution < -0.4 is 5.73 Å². The van der Waals surface area contributed by atoms with Crippen LogP contribution in [0.3, 0.4) is 0 Å². The van der Waals surface area contributed by atoms with Crippen molar-refractivity contribution in [3.8, 4) is 0 Å². The average Bonchev–Trinajstić information content (AvgIpc) is 2.50. The van der Waals surface area contributed by atoms with E-state index in [1.54, 1.807) is 0 Å². The van der Waals surface area contributed by atoms with Crippen LogP contribution >= 0.6 is 12.4 Å². The molecule has 82 valence electrons. The van der Waals surface area contributed by atoms with Crippen LogP contribution in [0.25, 0.3) is 0 Å². The highest BCUT2D eigenvalue weighted by atomic mass is 35.5. The lowest BCUT2D eigenvalue weighted by Gasteiger charge is -2.01. The summed E-state index contributed by atoms with van der Waals surface area (Å²) in [5.41, 5.74) is 5.62. The second-order valence-corrected chi connectivity index (χ2v) is 4.71. The summed E-state index contributed by atoms with van der Waals surface area (Å²) in [4.78, 5) is 3.62. The summed E-state index contributed by atoms with van der Waals surface area (Å²) in [6.07, 6.45) is 3.07. The van der Waals surface area contributed by atoms with E-state index in [0.717, 1.165) is 6.26 Å². The maximum Gasteiger partial charge on any atom is 0.314 e. The number of hydrogen-bond donors (Lipinski definition) is 1. The number of nitrogens with zero attached hydrogens (tertiary/aromatic N) is 1.